The number of halogens is 2. The number of rotatable bonds is 5. The fourth-order valence-electron chi connectivity index (χ4n) is 1.14. The molecule has 0 atom stereocenters. The van der Waals surface area contributed by atoms with Crippen LogP contribution in [-0.2, 0) is 19.6 Å². The molecule has 0 bridgehead atoms. The molecule has 1 N–H and O–H groups in total. The summed E-state index contributed by atoms with van der Waals surface area (Å²) < 4.78 is 43.4. The number of sulfonamides is 1. The molecule has 1 aromatic rings. The van der Waals surface area contributed by atoms with Crippen LogP contribution >= 0.6 is 11.6 Å². The van der Waals surface area contributed by atoms with Gasteiger partial charge in [0.1, 0.15) is 11.4 Å². The van der Waals surface area contributed by atoms with E-state index in [4.69, 9.17) is 11.6 Å². The van der Waals surface area contributed by atoms with Crippen molar-refractivity contribution >= 4 is 27.6 Å². The molecule has 0 spiro atoms. The molecule has 0 aliphatic rings. The third-order valence-electron chi connectivity index (χ3n) is 1.92. The number of hydrogen-bond donors (Lipinski definition) is 1. The van der Waals surface area contributed by atoms with E-state index >= 15 is 0 Å². The van der Waals surface area contributed by atoms with Gasteiger partial charge in [-0.05, 0) is 19.1 Å². The average molecular weight is 296 g/mol. The van der Waals surface area contributed by atoms with Crippen LogP contribution in [0.3, 0.4) is 0 Å². The van der Waals surface area contributed by atoms with E-state index in [1.165, 1.54) is 12.1 Å². The molecule has 0 aliphatic carbocycles. The molecule has 0 heterocycles. The lowest BCUT2D eigenvalue weighted by atomic mass is 10.3. The normalized spacial score (nSPS) is 11.3. The van der Waals surface area contributed by atoms with Crippen molar-refractivity contribution in [1.29, 1.82) is 0 Å². The first kappa shape index (κ1) is 14.9. The van der Waals surface area contributed by atoms with E-state index in [1.54, 1.807) is 6.92 Å². The van der Waals surface area contributed by atoms with Gasteiger partial charge < -0.3 is 4.74 Å². The van der Waals surface area contributed by atoms with Crippen LogP contribution in [0, 0.1) is 5.82 Å². The first-order valence-electron chi connectivity index (χ1n) is 4.97. The SMILES string of the molecule is CCOC(=O)CNS(=O)(=O)c1cccc(Cl)c1F. The van der Waals surface area contributed by atoms with E-state index in [0.717, 1.165) is 6.07 Å². The summed E-state index contributed by atoms with van der Waals surface area (Å²) in [5, 5.41) is -0.311. The zero-order chi connectivity index (χ0) is 13.8. The van der Waals surface area contributed by atoms with E-state index in [2.05, 4.69) is 4.74 Å². The predicted molar refractivity (Wildman–Crippen MR) is 63.2 cm³/mol. The minimum absolute atomic E-state index is 0.131. The number of hydrogen-bond acceptors (Lipinski definition) is 4. The molecular weight excluding hydrogens is 285 g/mol. The monoisotopic (exact) mass is 295 g/mol. The van der Waals surface area contributed by atoms with Gasteiger partial charge in [0.05, 0.1) is 11.6 Å². The molecule has 18 heavy (non-hydrogen) atoms. The van der Waals surface area contributed by atoms with E-state index in [0.29, 0.717) is 0 Å². The van der Waals surface area contributed by atoms with Crippen molar-refractivity contribution in [2.45, 2.75) is 11.8 Å². The highest BCUT2D eigenvalue weighted by Crippen LogP contribution is 2.21. The molecule has 0 saturated heterocycles. The fourth-order valence-corrected chi connectivity index (χ4v) is 2.43. The van der Waals surface area contributed by atoms with Crippen molar-refractivity contribution in [3.8, 4) is 0 Å². The summed E-state index contributed by atoms with van der Waals surface area (Å²) >= 11 is 5.47. The van der Waals surface area contributed by atoms with Crippen LogP contribution in [0.1, 0.15) is 6.92 Å². The van der Waals surface area contributed by atoms with Crippen LogP contribution in [-0.4, -0.2) is 27.5 Å². The van der Waals surface area contributed by atoms with E-state index in [9.17, 15) is 17.6 Å². The second-order valence-electron chi connectivity index (χ2n) is 3.18. The second-order valence-corrected chi connectivity index (χ2v) is 5.32. The Hall–Kier alpha value is -1.18. The fraction of sp³-hybridized carbons (Fsp3) is 0.300. The highest BCUT2D eigenvalue weighted by Gasteiger charge is 2.21. The first-order chi connectivity index (χ1) is 8.38. The number of esters is 1. The smallest absolute Gasteiger partial charge is 0.321 e. The molecular formula is C10H11ClFNO4S. The maximum absolute atomic E-state index is 13.5. The lowest BCUT2D eigenvalue weighted by Gasteiger charge is -2.07. The molecule has 0 unspecified atom stereocenters. The summed E-state index contributed by atoms with van der Waals surface area (Å²) in [6, 6.07) is 3.57. The molecule has 0 saturated carbocycles. The minimum atomic E-state index is -4.14. The second kappa shape index (κ2) is 6.12. The summed E-state index contributed by atoms with van der Waals surface area (Å²) in [5.74, 6) is -1.81. The van der Waals surface area contributed by atoms with E-state index < -0.39 is 33.3 Å². The number of ether oxygens (including phenoxy) is 1. The summed E-state index contributed by atoms with van der Waals surface area (Å²) in [5.41, 5.74) is 0. The van der Waals surface area contributed by atoms with Crippen molar-refractivity contribution in [1.82, 2.24) is 4.72 Å². The molecule has 1 rings (SSSR count). The molecule has 0 fully saturated rings. The standard InChI is InChI=1S/C10H11ClFNO4S/c1-2-17-9(14)6-13-18(15,16)8-5-3-4-7(11)10(8)12/h3-5,13H,2,6H2,1H3. The average Bonchev–Trinajstić information content (AvgIpc) is 2.30. The maximum atomic E-state index is 13.5. The Morgan fingerprint density at radius 1 is 1.50 bits per heavy atom. The number of benzene rings is 1. The van der Waals surface area contributed by atoms with Gasteiger partial charge in [0.15, 0.2) is 5.82 Å². The Balaban J connectivity index is 2.87. The molecule has 0 aliphatic heterocycles. The predicted octanol–water partition coefficient (Wildman–Crippen LogP) is 1.32. The van der Waals surface area contributed by atoms with Crippen molar-refractivity contribution in [3.05, 3.63) is 29.0 Å². The van der Waals surface area contributed by atoms with Gasteiger partial charge >= 0.3 is 5.97 Å². The van der Waals surface area contributed by atoms with Gasteiger partial charge in [-0.1, -0.05) is 17.7 Å². The van der Waals surface area contributed by atoms with E-state index in [-0.39, 0.29) is 11.6 Å². The summed E-state index contributed by atoms with van der Waals surface area (Å²) in [6.07, 6.45) is 0. The van der Waals surface area contributed by atoms with Gasteiger partial charge in [-0.3, -0.25) is 4.79 Å². The molecule has 0 radical (unpaired) electrons. The van der Waals surface area contributed by atoms with E-state index in [1.807, 2.05) is 4.72 Å². The number of nitrogens with one attached hydrogen (secondary N) is 1. The highest BCUT2D eigenvalue weighted by atomic mass is 35.5. The summed E-state index contributed by atoms with van der Waals surface area (Å²) in [4.78, 5) is 10.4. The maximum Gasteiger partial charge on any atom is 0.321 e. The number of carbonyl (C=O) groups excluding carboxylic acids is 1. The molecule has 0 aromatic heterocycles. The lowest BCUT2D eigenvalue weighted by molar-refractivity contribution is -0.141. The third kappa shape index (κ3) is 3.66. The van der Waals surface area contributed by atoms with Crippen LogP contribution in [0.2, 0.25) is 5.02 Å². The molecule has 0 amide bonds. The van der Waals surface area contributed by atoms with Crippen LogP contribution in [0.25, 0.3) is 0 Å². The van der Waals surface area contributed by atoms with Gasteiger partial charge in [0.2, 0.25) is 10.0 Å². The van der Waals surface area contributed by atoms with Crippen LogP contribution in [0.15, 0.2) is 23.1 Å². The van der Waals surface area contributed by atoms with Crippen molar-refractivity contribution in [2.24, 2.45) is 0 Å². The van der Waals surface area contributed by atoms with Crippen LogP contribution < -0.4 is 4.72 Å². The molecule has 100 valence electrons. The quantitative estimate of drug-likeness (QED) is 0.832. The van der Waals surface area contributed by atoms with Gasteiger partial charge in [-0.15, -0.1) is 0 Å². The lowest BCUT2D eigenvalue weighted by Crippen LogP contribution is -2.31. The number of carbonyl (C=O) groups is 1. The molecule has 5 nitrogen and oxygen atoms in total. The van der Waals surface area contributed by atoms with Crippen molar-refractivity contribution in [2.75, 3.05) is 13.2 Å². The van der Waals surface area contributed by atoms with Gasteiger partial charge in [-0.2, -0.15) is 4.72 Å². The largest absolute Gasteiger partial charge is 0.465 e. The molecule has 8 heteroatoms. The zero-order valence-electron chi connectivity index (χ0n) is 9.44. The van der Waals surface area contributed by atoms with Gasteiger partial charge in [0.25, 0.3) is 0 Å². The first-order valence-corrected chi connectivity index (χ1v) is 6.84. The van der Waals surface area contributed by atoms with Crippen LogP contribution in [0.4, 0.5) is 4.39 Å². The summed E-state index contributed by atoms with van der Waals surface area (Å²) in [7, 11) is -4.14. The van der Waals surface area contributed by atoms with Crippen LogP contribution in [0.5, 0.6) is 0 Å². The highest BCUT2D eigenvalue weighted by molar-refractivity contribution is 7.89. The Labute approximate surface area is 109 Å². The topological polar surface area (TPSA) is 72.5 Å². The third-order valence-corrected chi connectivity index (χ3v) is 3.63. The van der Waals surface area contributed by atoms with Crippen molar-refractivity contribution < 1.29 is 22.3 Å². The Morgan fingerprint density at radius 2 is 2.17 bits per heavy atom. The van der Waals surface area contributed by atoms with Gasteiger partial charge in [-0.25, -0.2) is 12.8 Å². The summed E-state index contributed by atoms with van der Waals surface area (Å²) in [6.45, 7) is 1.15. The molecule has 1 aromatic carbocycles. The van der Waals surface area contributed by atoms with Gasteiger partial charge in [0, 0.05) is 0 Å². The zero-order valence-corrected chi connectivity index (χ0v) is 11.0. The van der Waals surface area contributed by atoms with Crippen molar-refractivity contribution in [3.63, 3.8) is 0 Å². The Morgan fingerprint density at radius 3 is 2.78 bits per heavy atom. The minimum Gasteiger partial charge on any atom is -0.465 e. The Bertz CT molecular complexity index is 547. The Kier molecular flexibility index (Phi) is 5.06.